The zero-order valence-corrected chi connectivity index (χ0v) is 18.2. The van der Waals surface area contributed by atoms with Crippen LogP contribution >= 0.6 is 11.6 Å². The van der Waals surface area contributed by atoms with Crippen LogP contribution in [-0.2, 0) is 15.7 Å². The van der Waals surface area contributed by atoms with E-state index in [0.717, 1.165) is 18.2 Å². The molecule has 156 valence electrons. The number of benzene rings is 2. The van der Waals surface area contributed by atoms with Crippen molar-refractivity contribution < 1.29 is 67.0 Å². The third-order valence-electron chi connectivity index (χ3n) is 3.43. The number of rotatable bonds is 9. The molecule has 0 aromatic heterocycles. The Bertz CT molecular complexity index is 914. The van der Waals surface area contributed by atoms with Crippen LogP contribution in [0.15, 0.2) is 36.4 Å². The quantitative estimate of drug-likeness (QED) is 0.249. The van der Waals surface area contributed by atoms with Crippen LogP contribution in [0.4, 0.5) is 24.5 Å². The van der Waals surface area contributed by atoms with E-state index in [1.807, 2.05) is 0 Å². The van der Waals surface area contributed by atoms with Crippen molar-refractivity contribution in [1.82, 2.24) is 0 Å². The Morgan fingerprint density at radius 2 is 1.90 bits per heavy atom. The first-order chi connectivity index (χ1) is 13.6. The first-order valence-corrected chi connectivity index (χ1v) is 8.30. The van der Waals surface area contributed by atoms with Crippen LogP contribution in [0.3, 0.4) is 0 Å². The molecule has 0 radical (unpaired) electrons. The fourth-order valence-corrected chi connectivity index (χ4v) is 2.40. The molecular weight excluding hydrogens is 444 g/mol. The fourth-order valence-electron chi connectivity index (χ4n) is 2.18. The van der Waals surface area contributed by atoms with E-state index in [4.69, 9.17) is 21.1 Å². The third-order valence-corrected chi connectivity index (χ3v) is 3.73. The number of carbonyl (C=O) groups is 1. The second kappa shape index (κ2) is 11.4. The smallest absolute Gasteiger partial charge is 0.548 e. The number of nitro groups is 1. The van der Waals surface area contributed by atoms with Gasteiger partial charge in [0.15, 0.2) is 0 Å². The number of carbonyl (C=O) groups excluding carboxylic acids is 1. The molecule has 8 nitrogen and oxygen atoms in total. The number of alkyl halides is 3. The number of aliphatic carboxylic acids is 1. The Labute approximate surface area is 195 Å². The number of nitrogens with zero attached hydrogens (tertiary/aromatic N) is 1. The second-order valence-corrected chi connectivity index (χ2v) is 5.94. The average Bonchev–Trinajstić information content (AvgIpc) is 2.62. The molecule has 0 bridgehead atoms. The van der Waals surface area contributed by atoms with Crippen LogP contribution in [0, 0.1) is 10.1 Å². The van der Waals surface area contributed by atoms with Crippen molar-refractivity contribution >= 4 is 28.9 Å². The van der Waals surface area contributed by atoms with Crippen LogP contribution < -0.4 is 44.7 Å². The van der Waals surface area contributed by atoms with E-state index >= 15 is 0 Å². The van der Waals surface area contributed by atoms with Crippen molar-refractivity contribution in [2.45, 2.75) is 6.18 Å². The predicted molar refractivity (Wildman–Crippen MR) is 93.9 cm³/mol. The summed E-state index contributed by atoms with van der Waals surface area (Å²) in [6, 6.07) is 6.18. The maximum atomic E-state index is 12.7. The minimum atomic E-state index is -4.56. The van der Waals surface area contributed by atoms with Gasteiger partial charge in [0.1, 0.15) is 17.2 Å². The SMILES string of the molecule is O=C([O-])COCCNc1cc(Oc2ccc(C(F)(F)F)cc2Cl)ccc1[N+](=O)[O-].[Na+]. The molecule has 2 rings (SSSR count). The van der Waals surface area contributed by atoms with Crippen LogP contribution in [0.25, 0.3) is 0 Å². The standard InChI is InChI=1S/C17H14ClF3N2O6.Na/c18-12-7-10(17(19,20)21)1-4-15(12)29-11-2-3-14(23(26)27)13(8-11)22-5-6-28-9-16(24)25;/h1-4,7-8,22H,5-6,9H2,(H,24,25);/q;+1/p-1. The molecule has 1 N–H and O–H groups in total. The van der Waals surface area contributed by atoms with E-state index < -0.39 is 29.2 Å². The van der Waals surface area contributed by atoms with Gasteiger partial charge >= 0.3 is 35.7 Å². The van der Waals surface area contributed by atoms with Crippen molar-refractivity contribution in [2.24, 2.45) is 0 Å². The van der Waals surface area contributed by atoms with Gasteiger partial charge in [-0.3, -0.25) is 10.1 Å². The van der Waals surface area contributed by atoms with Gasteiger partial charge in [0.05, 0.1) is 34.7 Å². The molecule has 0 unspecified atom stereocenters. The zero-order chi connectivity index (χ0) is 21.6. The van der Waals surface area contributed by atoms with E-state index in [9.17, 15) is 33.2 Å². The first kappa shape index (κ1) is 26.0. The van der Waals surface area contributed by atoms with Crippen molar-refractivity contribution in [2.75, 3.05) is 25.1 Å². The summed E-state index contributed by atoms with van der Waals surface area (Å²) in [4.78, 5) is 20.7. The second-order valence-electron chi connectivity index (χ2n) is 5.53. The molecule has 0 atom stereocenters. The molecular formula is C17H13ClF3N2NaO6. The van der Waals surface area contributed by atoms with Gasteiger partial charge in [0.25, 0.3) is 5.69 Å². The summed E-state index contributed by atoms with van der Waals surface area (Å²) in [5.41, 5.74) is -1.21. The summed E-state index contributed by atoms with van der Waals surface area (Å²) in [7, 11) is 0. The molecule has 0 saturated heterocycles. The van der Waals surface area contributed by atoms with E-state index in [1.165, 1.54) is 12.1 Å². The largest absolute Gasteiger partial charge is 1.00 e. The van der Waals surface area contributed by atoms with Gasteiger partial charge in [-0.1, -0.05) is 11.6 Å². The summed E-state index contributed by atoms with van der Waals surface area (Å²) in [5.74, 6) is -1.40. The van der Waals surface area contributed by atoms with Crippen LogP contribution in [0.2, 0.25) is 5.02 Å². The number of halogens is 4. The van der Waals surface area contributed by atoms with Gasteiger partial charge in [-0.2, -0.15) is 13.2 Å². The van der Waals surface area contributed by atoms with Gasteiger partial charge in [0, 0.05) is 18.7 Å². The van der Waals surface area contributed by atoms with Crippen molar-refractivity contribution in [3.05, 3.63) is 57.1 Å². The Hall–Kier alpha value is -2.05. The number of hydrogen-bond acceptors (Lipinski definition) is 7. The molecule has 0 spiro atoms. The minimum Gasteiger partial charge on any atom is -0.548 e. The number of anilines is 1. The molecule has 13 heteroatoms. The van der Waals surface area contributed by atoms with Gasteiger partial charge in [-0.15, -0.1) is 0 Å². The zero-order valence-electron chi connectivity index (χ0n) is 15.5. The first-order valence-electron chi connectivity index (χ1n) is 7.92. The number of nitrogens with one attached hydrogen (secondary N) is 1. The molecule has 30 heavy (non-hydrogen) atoms. The molecule has 0 heterocycles. The predicted octanol–water partition coefficient (Wildman–Crippen LogP) is 0.242. The summed E-state index contributed by atoms with van der Waals surface area (Å²) in [6.45, 7) is -0.654. The molecule has 0 amide bonds. The molecule has 2 aromatic rings. The van der Waals surface area contributed by atoms with E-state index in [0.29, 0.717) is 6.07 Å². The Morgan fingerprint density at radius 1 is 1.20 bits per heavy atom. The number of ether oxygens (including phenoxy) is 2. The third kappa shape index (κ3) is 7.65. The Morgan fingerprint density at radius 3 is 2.47 bits per heavy atom. The summed E-state index contributed by atoms with van der Waals surface area (Å²) >= 11 is 5.83. The van der Waals surface area contributed by atoms with Gasteiger partial charge in [-0.25, -0.2) is 0 Å². The molecule has 0 aliphatic carbocycles. The number of nitro benzene ring substituents is 1. The monoisotopic (exact) mass is 456 g/mol. The van der Waals surface area contributed by atoms with Gasteiger partial charge in [-0.05, 0) is 24.3 Å². The van der Waals surface area contributed by atoms with Crippen molar-refractivity contribution in [3.8, 4) is 11.5 Å². The Balaban J connectivity index is 0.00000450. The van der Waals surface area contributed by atoms with Crippen molar-refractivity contribution in [3.63, 3.8) is 0 Å². The van der Waals surface area contributed by atoms with Crippen molar-refractivity contribution in [1.29, 1.82) is 0 Å². The van der Waals surface area contributed by atoms with Crippen LogP contribution in [0.5, 0.6) is 11.5 Å². The van der Waals surface area contributed by atoms with E-state index in [2.05, 4.69) is 5.32 Å². The topological polar surface area (TPSA) is 114 Å². The maximum absolute atomic E-state index is 12.7. The molecule has 2 aromatic carbocycles. The van der Waals surface area contributed by atoms with Gasteiger partial charge in [0.2, 0.25) is 0 Å². The molecule has 0 fully saturated rings. The fraction of sp³-hybridized carbons (Fsp3) is 0.235. The number of carboxylic acid groups (broad SMARTS) is 1. The van der Waals surface area contributed by atoms with E-state index in [1.54, 1.807) is 0 Å². The van der Waals surface area contributed by atoms with Gasteiger partial charge < -0.3 is 24.7 Å². The normalized spacial score (nSPS) is 10.8. The molecule has 0 saturated carbocycles. The maximum Gasteiger partial charge on any atom is 1.00 e. The minimum absolute atomic E-state index is 0. The molecule has 0 aliphatic heterocycles. The summed E-state index contributed by atoms with van der Waals surface area (Å²) < 4.78 is 48.3. The number of hydrogen-bond donors (Lipinski definition) is 1. The Kier molecular flexibility index (Phi) is 9.85. The average molecular weight is 457 g/mol. The molecule has 0 aliphatic rings. The van der Waals surface area contributed by atoms with Crippen LogP contribution in [0.1, 0.15) is 5.56 Å². The summed E-state index contributed by atoms with van der Waals surface area (Å²) in [6.07, 6.45) is -4.56. The number of carboxylic acids is 1. The van der Waals surface area contributed by atoms with Crippen LogP contribution in [-0.4, -0.2) is 30.7 Å². The van der Waals surface area contributed by atoms with E-state index in [-0.39, 0.29) is 70.6 Å². The summed E-state index contributed by atoms with van der Waals surface area (Å²) in [5, 5.41) is 23.8.